The SMILES string of the molecule is CC(c1ccc(C(=O)Cl)c(O[SiH3])c1)C(C)(C)C. The summed E-state index contributed by atoms with van der Waals surface area (Å²) >= 11 is 5.51. The van der Waals surface area contributed by atoms with Crippen molar-refractivity contribution in [1.82, 2.24) is 0 Å². The second-order valence-corrected chi connectivity index (χ2v) is 6.07. The first-order valence-corrected chi connectivity index (χ1v) is 6.84. The summed E-state index contributed by atoms with van der Waals surface area (Å²) in [6.07, 6.45) is 0. The molecule has 0 aliphatic carbocycles. The predicted octanol–water partition coefficient (Wildman–Crippen LogP) is 2.87. The first-order valence-electron chi connectivity index (χ1n) is 5.65. The van der Waals surface area contributed by atoms with Crippen LogP contribution in [0.4, 0.5) is 0 Å². The highest BCUT2D eigenvalue weighted by atomic mass is 35.5. The number of rotatable bonds is 3. The third-order valence-corrected chi connectivity index (χ3v) is 3.88. The van der Waals surface area contributed by atoms with E-state index in [0.29, 0.717) is 27.7 Å². The third-order valence-electron chi connectivity index (χ3n) is 3.24. The zero-order chi connectivity index (χ0) is 13.2. The van der Waals surface area contributed by atoms with Crippen molar-refractivity contribution >= 4 is 27.3 Å². The predicted molar refractivity (Wildman–Crippen MR) is 75.1 cm³/mol. The van der Waals surface area contributed by atoms with Crippen LogP contribution in [0.3, 0.4) is 0 Å². The van der Waals surface area contributed by atoms with Crippen molar-refractivity contribution in [1.29, 1.82) is 0 Å². The van der Waals surface area contributed by atoms with Gasteiger partial charge in [-0.2, -0.15) is 0 Å². The van der Waals surface area contributed by atoms with Crippen molar-refractivity contribution in [2.24, 2.45) is 5.41 Å². The fourth-order valence-electron chi connectivity index (χ4n) is 1.64. The van der Waals surface area contributed by atoms with Gasteiger partial charge in [0, 0.05) is 0 Å². The Hall–Kier alpha value is -0.803. The lowest BCUT2D eigenvalue weighted by Gasteiger charge is -2.28. The molecule has 0 aromatic heterocycles. The monoisotopic (exact) mass is 270 g/mol. The minimum atomic E-state index is -0.467. The van der Waals surface area contributed by atoms with Crippen molar-refractivity contribution in [2.75, 3.05) is 0 Å². The molecule has 1 aromatic carbocycles. The molecule has 0 fully saturated rings. The fourth-order valence-corrected chi connectivity index (χ4v) is 2.13. The quantitative estimate of drug-likeness (QED) is 0.624. The van der Waals surface area contributed by atoms with Gasteiger partial charge in [0.25, 0.3) is 5.24 Å². The minimum absolute atomic E-state index is 0.176. The maximum atomic E-state index is 11.2. The first-order chi connectivity index (χ1) is 7.77. The Kier molecular flexibility index (Phi) is 4.39. The molecule has 0 N–H and O–H groups in total. The van der Waals surface area contributed by atoms with Crippen LogP contribution in [0.1, 0.15) is 49.5 Å². The molecule has 94 valence electrons. The van der Waals surface area contributed by atoms with Crippen LogP contribution in [0.15, 0.2) is 18.2 Å². The molecule has 1 unspecified atom stereocenters. The molecule has 1 atom stereocenters. The zero-order valence-electron chi connectivity index (χ0n) is 11.0. The van der Waals surface area contributed by atoms with Gasteiger partial charge in [-0.05, 0) is 40.6 Å². The second-order valence-electron chi connectivity index (χ2n) is 5.32. The first kappa shape index (κ1) is 14.3. The molecule has 0 amide bonds. The van der Waals surface area contributed by atoms with Crippen LogP contribution in [0, 0.1) is 5.41 Å². The average Bonchev–Trinajstić information content (AvgIpc) is 2.25. The van der Waals surface area contributed by atoms with E-state index in [1.54, 1.807) is 6.07 Å². The van der Waals surface area contributed by atoms with Crippen molar-refractivity contribution in [2.45, 2.75) is 33.6 Å². The van der Waals surface area contributed by atoms with Crippen molar-refractivity contribution < 1.29 is 9.22 Å². The number of carbonyl (C=O) groups is 1. The van der Waals surface area contributed by atoms with Gasteiger partial charge >= 0.3 is 0 Å². The van der Waals surface area contributed by atoms with Crippen LogP contribution < -0.4 is 4.43 Å². The van der Waals surface area contributed by atoms with Gasteiger partial charge in [-0.3, -0.25) is 4.79 Å². The van der Waals surface area contributed by atoms with Crippen molar-refractivity contribution in [3.05, 3.63) is 29.3 Å². The normalized spacial score (nSPS) is 13.5. The van der Waals surface area contributed by atoms with Gasteiger partial charge in [0.1, 0.15) is 5.75 Å². The Balaban J connectivity index is 3.18. The van der Waals surface area contributed by atoms with E-state index in [1.165, 1.54) is 5.56 Å². The van der Waals surface area contributed by atoms with Gasteiger partial charge < -0.3 is 4.43 Å². The van der Waals surface area contributed by atoms with Gasteiger partial charge in [0.15, 0.2) is 0 Å². The molecule has 1 rings (SSSR count). The molecule has 0 aliphatic rings. The van der Waals surface area contributed by atoms with E-state index in [2.05, 4.69) is 27.7 Å². The highest BCUT2D eigenvalue weighted by Gasteiger charge is 2.23. The van der Waals surface area contributed by atoms with Crippen LogP contribution >= 0.6 is 11.6 Å². The molecule has 17 heavy (non-hydrogen) atoms. The number of carbonyl (C=O) groups excluding carboxylic acids is 1. The Morgan fingerprint density at radius 1 is 1.41 bits per heavy atom. The van der Waals surface area contributed by atoms with Crippen molar-refractivity contribution in [3.63, 3.8) is 0 Å². The molecule has 0 saturated carbocycles. The lowest BCUT2D eigenvalue weighted by Crippen LogP contribution is -2.15. The van der Waals surface area contributed by atoms with Crippen LogP contribution in [-0.4, -0.2) is 15.7 Å². The van der Waals surface area contributed by atoms with Crippen molar-refractivity contribution in [3.8, 4) is 5.75 Å². The summed E-state index contributed by atoms with van der Waals surface area (Å²) in [6, 6.07) is 5.63. The summed E-state index contributed by atoms with van der Waals surface area (Å²) in [7, 11) is 0.543. The summed E-state index contributed by atoms with van der Waals surface area (Å²) < 4.78 is 5.34. The summed E-state index contributed by atoms with van der Waals surface area (Å²) in [4.78, 5) is 11.2. The van der Waals surface area contributed by atoms with E-state index in [0.717, 1.165) is 0 Å². The fraction of sp³-hybridized carbons (Fsp3) is 0.462. The second kappa shape index (κ2) is 5.23. The number of halogens is 1. The number of hydrogen-bond donors (Lipinski definition) is 0. The molecular formula is C13H19ClO2Si. The standard InChI is InChI=1S/C13H19ClO2Si/c1-8(13(2,3)4)9-5-6-10(12(14)15)11(7-9)16-17/h5-8H,1-4,17H3. The van der Waals surface area contributed by atoms with E-state index >= 15 is 0 Å². The van der Waals surface area contributed by atoms with Gasteiger partial charge in [0.2, 0.25) is 10.5 Å². The molecule has 2 nitrogen and oxygen atoms in total. The van der Waals surface area contributed by atoms with Gasteiger partial charge in [0.05, 0.1) is 5.56 Å². The average molecular weight is 271 g/mol. The van der Waals surface area contributed by atoms with Gasteiger partial charge in [-0.1, -0.05) is 33.8 Å². The molecule has 0 spiro atoms. The molecule has 0 radical (unpaired) electrons. The Morgan fingerprint density at radius 2 is 2.00 bits per heavy atom. The Bertz CT molecular complexity index is 424. The molecule has 0 aliphatic heterocycles. The van der Waals surface area contributed by atoms with Gasteiger partial charge in [-0.25, -0.2) is 0 Å². The third kappa shape index (κ3) is 3.33. The van der Waals surface area contributed by atoms with Crippen LogP contribution in [-0.2, 0) is 0 Å². The molecule has 1 aromatic rings. The van der Waals surface area contributed by atoms with Crippen LogP contribution in [0.25, 0.3) is 0 Å². The van der Waals surface area contributed by atoms with E-state index in [-0.39, 0.29) is 5.41 Å². The van der Waals surface area contributed by atoms with Crippen LogP contribution in [0.2, 0.25) is 0 Å². The summed E-state index contributed by atoms with van der Waals surface area (Å²) in [5.74, 6) is 0.989. The summed E-state index contributed by atoms with van der Waals surface area (Å²) in [6.45, 7) is 8.76. The highest BCUT2D eigenvalue weighted by Crippen LogP contribution is 2.36. The van der Waals surface area contributed by atoms with E-state index in [9.17, 15) is 4.79 Å². The summed E-state index contributed by atoms with van der Waals surface area (Å²) in [5.41, 5.74) is 1.80. The Labute approximate surface area is 111 Å². The molecular weight excluding hydrogens is 252 g/mol. The maximum absolute atomic E-state index is 11.2. The maximum Gasteiger partial charge on any atom is 0.256 e. The smallest absolute Gasteiger partial charge is 0.256 e. The highest BCUT2D eigenvalue weighted by molar-refractivity contribution is 6.68. The van der Waals surface area contributed by atoms with E-state index in [4.69, 9.17) is 16.0 Å². The van der Waals surface area contributed by atoms with E-state index in [1.807, 2.05) is 12.1 Å². The van der Waals surface area contributed by atoms with E-state index < -0.39 is 5.24 Å². The molecule has 0 heterocycles. The Morgan fingerprint density at radius 3 is 2.41 bits per heavy atom. The zero-order valence-corrected chi connectivity index (χ0v) is 13.8. The lowest BCUT2D eigenvalue weighted by molar-refractivity contribution is 0.108. The molecule has 4 heteroatoms. The minimum Gasteiger partial charge on any atom is -0.553 e. The number of hydrogen-bond acceptors (Lipinski definition) is 2. The van der Waals surface area contributed by atoms with Gasteiger partial charge in [-0.15, -0.1) is 0 Å². The van der Waals surface area contributed by atoms with Crippen LogP contribution in [0.5, 0.6) is 5.75 Å². The topological polar surface area (TPSA) is 26.3 Å². The molecule has 0 bridgehead atoms. The molecule has 0 saturated heterocycles. The lowest BCUT2D eigenvalue weighted by atomic mass is 9.77. The number of benzene rings is 1. The largest absolute Gasteiger partial charge is 0.553 e. The summed E-state index contributed by atoms with van der Waals surface area (Å²) in [5, 5.41) is -0.467.